The molecule has 1 amide bonds. The molecule has 0 saturated heterocycles. The van der Waals surface area contributed by atoms with Crippen LogP contribution in [0, 0.1) is 11.3 Å². The summed E-state index contributed by atoms with van der Waals surface area (Å²) in [5.74, 6) is -0.126. The van der Waals surface area contributed by atoms with Gasteiger partial charge < -0.3 is 5.32 Å². The van der Waals surface area contributed by atoms with Crippen LogP contribution in [0.3, 0.4) is 0 Å². The first kappa shape index (κ1) is 19.1. The number of amides is 1. The molecule has 4 nitrogen and oxygen atoms in total. The first-order chi connectivity index (χ1) is 11.5. The molecule has 24 heavy (non-hydrogen) atoms. The summed E-state index contributed by atoms with van der Waals surface area (Å²) in [6.45, 7) is 0.735. The Morgan fingerprint density at radius 3 is 2.58 bits per heavy atom. The van der Waals surface area contributed by atoms with E-state index in [4.69, 9.17) is 23.2 Å². The zero-order valence-electron chi connectivity index (χ0n) is 13.9. The molecular formula is C18H23Cl2N3O. The number of hydrogen-bond donors (Lipinski definition) is 1. The predicted octanol–water partition coefficient (Wildman–Crippen LogP) is 4.16. The molecule has 1 N–H and O–H groups in total. The molecule has 0 aliphatic heterocycles. The van der Waals surface area contributed by atoms with E-state index in [0.717, 1.165) is 44.1 Å². The lowest BCUT2D eigenvalue weighted by Gasteiger charge is -2.27. The zero-order chi connectivity index (χ0) is 17.6. The molecule has 0 atom stereocenters. The number of likely N-dealkylation sites (N-methyl/N-ethyl adjacent to an activating group) is 1. The van der Waals surface area contributed by atoms with Crippen LogP contribution in [0.4, 0.5) is 0 Å². The van der Waals surface area contributed by atoms with Crippen molar-refractivity contribution in [3.8, 4) is 6.07 Å². The Morgan fingerprint density at radius 1 is 1.29 bits per heavy atom. The third-order valence-corrected chi connectivity index (χ3v) is 5.29. The van der Waals surface area contributed by atoms with E-state index in [1.807, 2.05) is 24.1 Å². The Hall–Kier alpha value is -1.28. The average Bonchev–Trinajstić information content (AvgIpc) is 2.77. The lowest BCUT2D eigenvalue weighted by Crippen LogP contribution is -2.50. The average molecular weight is 368 g/mol. The molecule has 1 saturated carbocycles. The van der Waals surface area contributed by atoms with Gasteiger partial charge in [-0.15, -0.1) is 0 Å². The van der Waals surface area contributed by atoms with Crippen molar-refractivity contribution in [2.24, 2.45) is 0 Å². The van der Waals surface area contributed by atoms with Crippen LogP contribution in [0.2, 0.25) is 10.0 Å². The number of carbonyl (C=O) groups is 1. The van der Waals surface area contributed by atoms with Crippen molar-refractivity contribution in [1.29, 1.82) is 5.26 Å². The minimum absolute atomic E-state index is 0.126. The number of nitrogens with one attached hydrogen (secondary N) is 1. The van der Waals surface area contributed by atoms with Gasteiger partial charge >= 0.3 is 0 Å². The van der Waals surface area contributed by atoms with Gasteiger partial charge in [0.05, 0.1) is 22.7 Å². The van der Waals surface area contributed by atoms with E-state index in [2.05, 4.69) is 11.4 Å². The molecule has 0 aromatic heterocycles. The summed E-state index contributed by atoms with van der Waals surface area (Å²) in [7, 11) is 1.85. The van der Waals surface area contributed by atoms with Gasteiger partial charge in [0.2, 0.25) is 5.91 Å². The second-order valence-electron chi connectivity index (χ2n) is 6.54. The van der Waals surface area contributed by atoms with Crippen molar-refractivity contribution in [3.05, 3.63) is 33.8 Å². The first-order valence-electron chi connectivity index (χ1n) is 8.29. The molecule has 1 aromatic rings. The highest BCUT2D eigenvalue weighted by molar-refractivity contribution is 6.42. The van der Waals surface area contributed by atoms with Gasteiger partial charge in [0.15, 0.2) is 0 Å². The van der Waals surface area contributed by atoms with E-state index < -0.39 is 5.54 Å². The standard InChI is InChI=1S/C18H23Cl2N3O/c1-23(11-14-7-6-8-15(19)17(14)20)12-16(24)22-18(13-21)9-4-2-3-5-10-18/h6-8H,2-5,9-12H2,1H3,(H,22,24). The second kappa shape index (κ2) is 8.71. The van der Waals surface area contributed by atoms with Crippen molar-refractivity contribution in [3.63, 3.8) is 0 Å². The molecule has 0 spiro atoms. The third kappa shape index (κ3) is 5.11. The molecule has 0 unspecified atom stereocenters. The molecule has 6 heteroatoms. The van der Waals surface area contributed by atoms with Gasteiger partial charge in [0.25, 0.3) is 0 Å². The monoisotopic (exact) mass is 367 g/mol. The van der Waals surface area contributed by atoms with Crippen molar-refractivity contribution >= 4 is 29.1 Å². The summed E-state index contributed by atoms with van der Waals surface area (Å²) in [6, 6.07) is 7.81. The first-order valence-corrected chi connectivity index (χ1v) is 9.05. The van der Waals surface area contributed by atoms with E-state index in [1.165, 1.54) is 0 Å². The molecule has 0 radical (unpaired) electrons. The topological polar surface area (TPSA) is 56.1 Å². The zero-order valence-corrected chi connectivity index (χ0v) is 15.5. The van der Waals surface area contributed by atoms with Gasteiger partial charge in [-0.25, -0.2) is 0 Å². The van der Waals surface area contributed by atoms with E-state index in [-0.39, 0.29) is 12.5 Å². The number of rotatable bonds is 5. The molecule has 1 fully saturated rings. The number of hydrogen-bond acceptors (Lipinski definition) is 3. The fourth-order valence-corrected chi connectivity index (χ4v) is 3.55. The largest absolute Gasteiger partial charge is 0.337 e. The van der Waals surface area contributed by atoms with Crippen LogP contribution >= 0.6 is 23.2 Å². The summed E-state index contributed by atoms with van der Waals surface area (Å²) in [4.78, 5) is 14.2. The van der Waals surface area contributed by atoms with Crippen LogP contribution in [-0.4, -0.2) is 29.9 Å². The Bertz CT molecular complexity index is 619. The Kier molecular flexibility index (Phi) is 6.91. The Labute approximate surface area is 153 Å². The van der Waals surface area contributed by atoms with Crippen molar-refractivity contribution < 1.29 is 4.79 Å². The highest BCUT2D eigenvalue weighted by Gasteiger charge is 2.32. The van der Waals surface area contributed by atoms with Crippen LogP contribution < -0.4 is 5.32 Å². The van der Waals surface area contributed by atoms with Crippen LogP contribution in [-0.2, 0) is 11.3 Å². The van der Waals surface area contributed by atoms with Crippen LogP contribution in [0.25, 0.3) is 0 Å². The summed E-state index contributed by atoms with van der Waals surface area (Å²) in [5.41, 5.74) is 0.172. The van der Waals surface area contributed by atoms with E-state index in [9.17, 15) is 10.1 Å². The molecule has 0 heterocycles. The maximum atomic E-state index is 12.4. The Balaban J connectivity index is 1.93. The molecule has 1 aromatic carbocycles. The quantitative estimate of drug-likeness (QED) is 0.794. The fourth-order valence-electron chi connectivity index (χ4n) is 3.17. The minimum atomic E-state index is -0.706. The van der Waals surface area contributed by atoms with E-state index >= 15 is 0 Å². The summed E-state index contributed by atoms with van der Waals surface area (Å²) >= 11 is 12.2. The highest BCUT2D eigenvalue weighted by atomic mass is 35.5. The number of nitriles is 1. The molecule has 2 rings (SSSR count). The second-order valence-corrected chi connectivity index (χ2v) is 7.33. The van der Waals surface area contributed by atoms with Gasteiger partial charge in [-0.3, -0.25) is 9.69 Å². The van der Waals surface area contributed by atoms with Crippen molar-refractivity contribution in [2.75, 3.05) is 13.6 Å². The van der Waals surface area contributed by atoms with Gasteiger partial charge in [-0.1, -0.05) is 61.0 Å². The summed E-state index contributed by atoms with van der Waals surface area (Å²) in [5, 5.41) is 13.5. The van der Waals surface area contributed by atoms with Gasteiger partial charge in [0, 0.05) is 6.54 Å². The molecule has 130 valence electrons. The number of carbonyl (C=O) groups excluding carboxylic acids is 1. The molecule has 0 bridgehead atoms. The molecular weight excluding hydrogens is 345 g/mol. The van der Waals surface area contributed by atoms with E-state index in [0.29, 0.717) is 16.6 Å². The number of nitrogens with zero attached hydrogens (tertiary/aromatic N) is 2. The summed E-state index contributed by atoms with van der Waals surface area (Å²) < 4.78 is 0. The van der Waals surface area contributed by atoms with Crippen molar-refractivity contribution in [1.82, 2.24) is 10.2 Å². The molecule has 1 aliphatic carbocycles. The SMILES string of the molecule is CN(CC(=O)NC1(C#N)CCCCCC1)Cc1cccc(Cl)c1Cl. The number of benzene rings is 1. The van der Waals surface area contributed by atoms with Crippen LogP contribution in [0.15, 0.2) is 18.2 Å². The lowest BCUT2D eigenvalue weighted by molar-refractivity contribution is -0.123. The predicted molar refractivity (Wildman–Crippen MR) is 97.0 cm³/mol. The van der Waals surface area contributed by atoms with Gasteiger partial charge in [0.1, 0.15) is 5.54 Å². The fraction of sp³-hybridized carbons (Fsp3) is 0.556. The van der Waals surface area contributed by atoms with E-state index in [1.54, 1.807) is 6.07 Å². The van der Waals surface area contributed by atoms with Gasteiger partial charge in [-0.05, 0) is 31.5 Å². The molecule has 1 aliphatic rings. The maximum Gasteiger partial charge on any atom is 0.235 e. The Morgan fingerprint density at radius 2 is 1.96 bits per heavy atom. The third-order valence-electron chi connectivity index (χ3n) is 4.44. The summed E-state index contributed by atoms with van der Waals surface area (Å²) in [6.07, 6.45) is 5.71. The van der Waals surface area contributed by atoms with Crippen molar-refractivity contribution in [2.45, 2.75) is 50.6 Å². The normalized spacial score (nSPS) is 17.1. The smallest absolute Gasteiger partial charge is 0.235 e. The minimum Gasteiger partial charge on any atom is -0.337 e. The van der Waals surface area contributed by atoms with Gasteiger partial charge in [-0.2, -0.15) is 5.26 Å². The number of halogens is 2. The lowest BCUT2D eigenvalue weighted by atomic mass is 9.92. The maximum absolute atomic E-state index is 12.4. The highest BCUT2D eigenvalue weighted by Crippen LogP contribution is 2.27. The van der Waals surface area contributed by atoms with Crippen LogP contribution in [0.1, 0.15) is 44.1 Å². The van der Waals surface area contributed by atoms with Crippen LogP contribution in [0.5, 0.6) is 0 Å².